The summed E-state index contributed by atoms with van der Waals surface area (Å²) in [4.78, 5) is 4.56. The summed E-state index contributed by atoms with van der Waals surface area (Å²) in [5.41, 5.74) is 2.36. The van der Waals surface area contributed by atoms with Crippen molar-refractivity contribution in [1.82, 2.24) is 4.98 Å². The fourth-order valence-corrected chi connectivity index (χ4v) is 2.32. The molecule has 4 heteroatoms. The maximum Gasteiger partial charge on any atom is 0.176 e. The summed E-state index contributed by atoms with van der Waals surface area (Å²) in [6.07, 6.45) is 0. The average Bonchev–Trinajstić information content (AvgIpc) is 2.44. The van der Waals surface area contributed by atoms with Crippen LogP contribution < -0.4 is 0 Å². The molecule has 1 heterocycles. The van der Waals surface area contributed by atoms with Gasteiger partial charge >= 0.3 is 0 Å². The Kier molecular flexibility index (Phi) is 2.61. The number of oxime groups is 1. The molecule has 0 atom stereocenters. The van der Waals surface area contributed by atoms with Gasteiger partial charge in [-0.3, -0.25) is 0 Å². The highest BCUT2D eigenvalue weighted by Gasteiger charge is 2.12. The van der Waals surface area contributed by atoms with Crippen molar-refractivity contribution in [2.24, 2.45) is 5.16 Å². The van der Waals surface area contributed by atoms with Gasteiger partial charge in [-0.05, 0) is 12.1 Å². The summed E-state index contributed by atoms with van der Waals surface area (Å²) in [6, 6.07) is 15.3. The lowest BCUT2D eigenvalue weighted by Gasteiger charge is -2.08. The normalized spacial score (nSPS) is 12.2. The molecule has 0 saturated carbocycles. The maximum atomic E-state index is 8.94. The molecule has 18 heavy (non-hydrogen) atoms. The summed E-state index contributed by atoms with van der Waals surface area (Å²) < 4.78 is 0. The zero-order chi connectivity index (χ0) is 12.5. The van der Waals surface area contributed by atoms with Crippen molar-refractivity contribution >= 4 is 38.6 Å². The molecule has 0 amide bonds. The van der Waals surface area contributed by atoms with Crippen molar-refractivity contribution in [1.29, 1.82) is 0 Å². The van der Waals surface area contributed by atoms with E-state index in [1.165, 1.54) is 0 Å². The van der Waals surface area contributed by atoms with Crippen LogP contribution in [0.3, 0.4) is 0 Å². The predicted molar refractivity (Wildman–Crippen MR) is 73.4 cm³/mol. The van der Waals surface area contributed by atoms with Crippen LogP contribution in [0, 0.1) is 0 Å². The van der Waals surface area contributed by atoms with Crippen LogP contribution in [0.2, 0.25) is 0 Å². The van der Waals surface area contributed by atoms with Crippen LogP contribution in [-0.4, -0.2) is 15.4 Å². The molecule has 3 rings (SSSR count). The Morgan fingerprint density at radius 1 is 0.944 bits per heavy atom. The van der Waals surface area contributed by atoms with Gasteiger partial charge in [-0.15, -0.1) is 0 Å². The van der Waals surface area contributed by atoms with E-state index in [1.807, 2.05) is 48.5 Å². The van der Waals surface area contributed by atoms with Crippen LogP contribution in [0.5, 0.6) is 0 Å². The lowest BCUT2D eigenvalue weighted by Crippen LogP contribution is -1.97. The first kappa shape index (κ1) is 11.0. The highest BCUT2D eigenvalue weighted by atomic mass is 35.5. The summed E-state index contributed by atoms with van der Waals surface area (Å²) in [6.45, 7) is 0. The van der Waals surface area contributed by atoms with Gasteiger partial charge in [0, 0.05) is 16.3 Å². The van der Waals surface area contributed by atoms with Crippen LogP contribution >= 0.6 is 11.6 Å². The van der Waals surface area contributed by atoms with Gasteiger partial charge in [0.15, 0.2) is 5.17 Å². The number of nitrogens with zero attached hydrogens (tertiary/aromatic N) is 2. The first-order valence-electron chi connectivity index (χ1n) is 5.46. The van der Waals surface area contributed by atoms with E-state index in [2.05, 4.69) is 10.1 Å². The molecule has 1 aromatic heterocycles. The Bertz CT molecular complexity index is 714. The topological polar surface area (TPSA) is 45.5 Å². The zero-order valence-corrected chi connectivity index (χ0v) is 10.1. The van der Waals surface area contributed by atoms with Crippen molar-refractivity contribution in [2.45, 2.75) is 0 Å². The lowest BCUT2D eigenvalue weighted by atomic mass is 10.0. The number of halogens is 1. The third-order valence-electron chi connectivity index (χ3n) is 2.88. The molecule has 1 N–H and O–H groups in total. The molecule has 0 unspecified atom stereocenters. The first-order valence-corrected chi connectivity index (χ1v) is 5.84. The van der Waals surface area contributed by atoms with Crippen molar-refractivity contribution in [3.8, 4) is 0 Å². The quantitative estimate of drug-likeness (QED) is 0.312. The Balaban J connectivity index is 2.58. The molecule has 0 spiro atoms. The van der Waals surface area contributed by atoms with Gasteiger partial charge < -0.3 is 5.21 Å². The van der Waals surface area contributed by atoms with E-state index in [0.29, 0.717) is 5.56 Å². The molecular weight excluding hydrogens is 248 g/mol. The van der Waals surface area contributed by atoms with E-state index >= 15 is 0 Å². The number of benzene rings is 2. The third-order valence-corrected chi connectivity index (χ3v) is 3.15. The van der Waals surface area contributed by atoms with E-state index in [-0.39, 0.29) is 5.17 Å². The van der Waals surface area contributed by atoms with Gasteiger partial charge in [0.2, 0.25) is 0 Å². The van der Waals surface area contributed by atoms with Crippen molar-refractivity contribution in [2.75, 3.05) is 0 Å². The molecule has 0 aliphatic carbocycles. The van der Waals surface area contributed by atoms with Crippen molar-refractivity contribution < 1.29 is 5.21 Å². The second kappa shape index (κ2) is 4.27. The minimum Gasteiger partial charge on any atom is -0.410 e. The SMILES string of the molecule is O/N=C(/Cl)c1c2ccccc2nc2ccccc12. The second-order valence-electron chi connectivity index (χ2n) is 3.91. The smallest absolute Gasteiger partial charge is 0.176 e. The lowest BCUT2D eigenvalue weighted by molar-refractivity contribution is 0.321. The number of pyridine rings is 1. The third kappa shape index (κ3) is 1.60. The Labute approximate surface area is 108 Å². The van der Waals surface area contributed by atoms with Crippen LogP contribution in [0.4, 0.5) is 0 Å². The summed E-state index contributed by atoms with van der Waals surface area (Å²) >= 11 is 6.02. The highest BCUT2D eigenvalue weighted by molar-refractivity contribution is 6.71. The summed E-state index contributed by atoms with van der Waals surface area (Å²) in [7, 11) is 0. The molecule has 0 fully saturated rings. The molecule has 0 aliphatic rings. The number of rotatable bonds is 1. The number of hydrogen-bond donors (Lipinski definition) is 1. The van der Waals surface area contributed by atoms with Gasteiger partial charge in [0.25, 0.3) is 0 Å². The molecule has 3 aromatic rings. The summed E-state index contributed by atoms with van der Waals surface area (Å²) in [5.74, 6) is 0. The monoisotopic (exact) mass is 256 g/mol. The van der Waals surface area contributed by atoms with E-state index in [4.69, 9.17) is 16.8 Å². The van der Waals surface area contributed by atoms with E-state index in [9.17, 15) is 0 Å². The fourth-order valence-electron chi connectivity index (χ4n) is 2.11. The molecule has 0 radical (unpaired) electrons. The molecule has 0 aliphatic heterocycles. The molecule has 3 nitrogen and oxygen atoms in total. The van der Waals surface area contributed by atoms with Crippen LogP contribution in [0.25, 0.3) is 21.8 Å². The molecule has 2 aromatic carbocycles. The number of para-hydroxylation sites is 2. The molecule has 0 bridgehead atoms. The van der Waals surface area contributed by atoms with E-state index in [1.54, 1.807) is 0 Å². The predicted octanol–water partition coefficient (Wildman–Crippen LogP) is 3.76. The fraction of sp³-hybridized carbons (Fsp3) is 0. The van der Waals surface area contributed by atoms with Gasteiger partial charge in [-0.1, -0.05) is 53.2 Å². The average molecular weight is 257 g/mol. The van der Waals surface area contributed by atoms with E-state index < -0.39 is 0 Å². The summed E-state index contributed by atoms with van der Waals surface area (Å²) in [5, 5.41) is 13.9. The standard InChI is InChI=1S/C14H9ClN2O/c15-14(17-18)13-9-5-1-3-7-11(9)16-12-8-4-2-6-10(12)13/h1-8,18H/b17-14+. The first-order chi connectivity index (χ1) is 8.81. The van der Waals surface area contributed by atoms with Crippen LogP contribution in [0.1, 0.15) is 5.56 Å². The molecular formula is C14H9ClN2O. The number of hydrogen-bond acceptors (Lipinski definition) is 3. The Morgan fingerprint density at radius 3 is 1.94 bits per heavy atom. The zero-order valence-electron chi connectivity index (χ0n) is 9.34. The second-order valence-corrected chi connectivity index (χ2v) is 4.27. The molecule has 88 valence electrons. The van der Waals surface area contributed by atoms with Gasteiger partial charge in [0.1, 0.15) is 0 Å². The largest absolute Gasteiger partial charge is 0.410 e. The highest BCUT2D eigenvalue weighted by Crippen LogP contribution is 2.27. The molecule has 0 saturated heterocycles. The van der Waals surface area contributed by atoms with Gasteiger partial charge in [0.05, 0.1) is 11.0 Å². The van der Waals surface area contributed by atoms with Crippen LogP contribution in [-0.2, 0) is 0 Å². The van der Waals surface area contributed by atoms with E-state index in [0.717, 1.165) is 21.8 Å². The minimum atomic E-state index is 0.0739. The Morgan fingerprint density at radius 2 is 1.44 bits per heavy atom. The maximum absolute atomic E-state index is 8.94. The number of aromatic nitrogens is 1. The Hall–Kier alpha value is -2.13. The van der Waals surface area contributed by atoms with Crippen LogP contribution in [0.15, 0.2) is 53.7 Å². The van der Waals surface area contributed by atoms with Crippen molar-refractivity contribution in [3.05, 3.63) is 54.1 Å². The van der Waals surface area contributed by atoms with Gasteiger partial charge in [-0.25, -0.2) is 4.98 Å². The number of fused-ring (bicyclic) bond motifs is 2. The van der Waals surface area contributed by atoms with Crippen molar-refractivity contribution in [3.63, 3.8) is 0 Å². The minimum absolute atomic E-state index is 0.0739. The van der Waals surface area contributed by atoms with Gasteiger partial charge in [-0.2, -0.15) is 0 Å².